The van der Waals surface area contributed by atoms with Crippen LogP contribution >= 0.6 is 0 Å². The van der Waals surface area contributed by atoms with E-state index in [0.717, 1.165) is 6.61 Å². The molecule has 9 heavy (non-hydrogen) atoms. The Hall–Kier alpha value is -0.0800. The highest BCUT2D eigenvalue weighted by Crippen LogP contribution is 2.40. The molecule has 1 aliphatic heterocycles. The zero-order valence-electron chi connectivity index (χ0n) is 5.60. The summed E-state index contributed by atoms with van der Waals surface area (Å²) in [5, 5.41) is 0. The Bertz CT molecular complexity index is 110. The maximum atomic E-state index is 5.73. The van der Waals surface area contributed by atoms with Crippen LogP contribution in [-0.2, 0) is 4.74 Å². The lowest BCUT2D eigenvalue weighted by Crippen LogP contribution is -2.30. The molecule has 1 saturated carbocycles. The first-order valence-corrected chi connectivity index (χ1v) is 3.70. The number of ether oxygens (including phenoxy) is 1. The minimum atomic E-state index is 0.329. The van der Waals surface area contributed by atoms with Gasteiger partial charge in [0.15, 0.2) is 0 Å². The molecule has 2 rings (SSSR count). The van der Waals surface area contributed by atoms with E-state index in [0.29, 0.717) is 11.6 Å². The second-order valence-electron chi connectivity index (χ2n) is 3.31. The standard InChI is InChI=1S/C7H13NO/c8-6-1-3-7(4-2-6)5-9-7/h6H,1-5,8H2/t6-,7-. The molecular weight excluding hydrogens is 114 g/mol. The largest absolute Gasteiger partial charge is 0.370 e. The molecule has 0 aromatic carbocycles. The van der Waals surface area contributed by atoms with Crippen molar-refractivity contribution in [2.45, 2.75) is 37.3 Å². The van der Waals surface area contributed by atoms with Gasteiger partial charge in [-0.2, -0.15) is 0 Å². The third-order valence-corrected chi connectivity index (χ3v) is 2.49. The molecular formula is C7H13NO. The van der Waals surface area contributed by atoms with Gasteiger partial charge in [-0.25, -0.2) is 0 Å². The first-order valence-electron chi connectivity index (χ1n) is 3.70. The Morgan fingerprint density at radius 2 is 1.89 bits per heavy atom. The van der Waals surface area contributed by atoms with E-state index >= 15 is 0 Å². The van der Waals surface area contributed by atoms with Crippen LogP contribution in [0.15, 0.2) is 0 Å². The molecule has 1 saturated heterocycles. The highest BCUT2D eigenvalue weighted by atomic mass is 16.6. The maximum Gasteiger partial charge on any atom is 0.0917 e. The second kappa shape index (κ2) is 1.70. The van der Waals surface area contributed by atoms with E-state index in [1.165, 1.54) is 25.7 Å². The van der Waals surface area contributed by atoms with Crippen molar-refractivity contribution in [2.75, 3.05) is 6.61 Å². The van der Waals surface area contributed by atoms with Crippen LogP contribution in [0.5, 0.6) is 0 Å². The quantitative estimate of drug-likeness (QED) is 0.485. The van der Waals surface area contributed by atoms with E-state index in [-0.39, 0.29) is 0 Å². The average Bonchev–Trinajstić information content (AvgIpc) is 2.60. The summed E-state index contributed by atoms with van der Waals surface area (Å²) in [4.78, 5) is 0. The first kappa shape index (κ1) is 5.69. The number of nitrogens with two attached hydrogens (primary N) is 1. The molecule has 0 unspecified atom stereocenters. The third-order valence-electron chi connectivity index (χ3n) is 2.49. The van der Waals surface area contributed by atoms with Crippen LogP contribution in [0.3, 0.4) is 0 Å². The lowest BCUT2D eigenvalue weighted by atomic mass is 9.87. The fourth-order valence-corrected chi connectivity index (χ4v) is 1.56. The van der Waals surface area contributed by atoms with Crippen molar-refractivity contribution in [1.82, 2.24) is 0 Å². The van der Waals surface area contributed by atoms with Crippen molar-refractivity contribution in [3.05, 3.63) is 0 Å². The third kappa shape index (κ3) is 0.970. The molecule has 2 N–H and O–H groups in total. The van der Waals surface area contributed by atoms with Crippen LogP contribution < -0.4 is 5.73 Å². The number of epoxide rings is 1. The topological polar surface area (TPSA) is 38.5 Å². The van der Waals surface area contributed by atoms with Gasteiger partial charge in [0.25, 0.3) is 0 Å². The summed E-state index contributed by atoms with van der Waals surface area (Å²) in [6.45, 7) is 1.000. The SMILES string of the molecule is N[C@H]1CC[C@]2(CC1)CO2. The molecule has 2 heteroatoms. The summed E-state index contributed by atoms with van der Waals surface area (Å²) < 4.78 is 5.33. The summed E-state index contributed by atoms with van der Waals surface area (Å²) in [6, 6.07) is 0.458. The van der Waals surface area contributed by atoms with Crippen molar-refractivity contribution in [1.29, 1.82) is 0 Å². The fourth-order valence-electron chi connectivity index (χ4n) is 1.56. The summed E-state index contributed by atoms with van der Waals surface area (Å²) in [7, 11) is 0. The second-order valence-corrected chi connectivity index (χ2v) is 3.31. The molecule has 0 amide bonds. The van der Waals surface area contributed by atoms with Crippen LogP contribution in [-0.4, -0.2) is 18.2 Å². The number of hydrogen-bond acceptors (Lipinski definition) is 2. The van der Waals surface area contributed by atoms with Gasteiger partial charge in [0.2, 0.25) is 0 Å². The Morgan fingerprint density at radius 3 is 2.33 bits per heavy atom. The normalized spacial score (nSPS) is 49.7. The monoisotopic (exact) mass is 127 g/mol. The zero-order valence-corrected chi connectivity index (χ0v) is 5.60. The van der Waals surface area contributed by atoms with Gasteiger partial charge in [-0.15, -0.1) is 0 Å². The molecule has 0 bridgehead atoms. The predicted molar refractivity (Wildman–Crippen MR) is 35.1 cm³/mol. The molecule has 2 aliphatic rings. The average molecular weight is 127 g/mol. The van der Waals surface area contributed by atoms with Crippen LogP contribution in [0.1, 0.15) is 25.7 Å². The summed E-state index contributed by atoms with van der Waals surface area (Å²) in [5.74, 6) is 0. The van der Waals surface area contributed by atoms with Crippen molar-refractivity contribution in [2.24, 2.45) is 5.73 Å². The van der Waals surface area contributed by atoms with E-state index in [1.54, 1.807) is 0 Å². The summed E-state index contributed by atoms with van der Waals surface area (Å²) in [6.07, 6.45) is 4.74. The number of hydrogen-bond donors (Lipinski definition) is 1. The van der Waals surface area contributed by atoms with Crippen molar-refractivity contribution in [3.8, 4) is 0 Å². The summed E-state index contributed by atoms with van der Waals surface area (Å²) in [5.41, 5.74) is 6.06. The Morgan fingerprint density at radius 1 is 1.33 bits per heavy atom. The van der Waals surface area contributed by atoms with Crippen LogP contribution in [0.2, 0.25) is 0 Å². The van der Waals surface area contributed by atoms with Crippen molar-refractivity contribution >= 4 is 0 Å². The fraction of sp³-hybridized carbons (Fsp3) is 1.00. The predicted octanol–water partition coefficient (Wildman–Crippen LogP) is 0.657. The van der Waals surface area contributed by atoms with Crippen LogP contribution in [0.4, 0.5) is 0 Å². The van der Waals surface area contributed by atoms with Gasteiger partial charge >= 0.3 is 0 Å². The molecule has 0 aromatic heterocycles. The van der Waals surface area contributed by atoms with Crippen LogP contribution in [0.25, 0.3) is 0 Å². The van der Waals surface area contributed by atoms with Crippen molar-refractivity contribution < 1.29 is 4.74 Å². The van der Waals surface area contributed by atoms with Gasteiger partial charge in [0, 0.05) is 6.04 Å². The molecule has 0 atom stereocenters. The zero-order chi connectivity index (χ0) is 6.32. The van der Waals surface area contributed by atoms with Crippen LogP contribution in [0, 0.1) is 0 Å². The maximum absolute atomic E-state index is 5.73. The summed E-state index contributed by atoms with van der Waals surface area (Å²) >= 11 is 0. The highest BCUT2D eigenvalue weighted by molar-refractivity contribution is 4.96. The molecule has 0 aromatic rings. The Kier molecular flexibility index (Phi) is 1.08. The lowest BCUT2D eigenvalue weighted by Gasteiger charge is -2.22. The highest BCUT2D eigenvalue weighted by Gasteiger charge is 2.46. The molecule has 1 spiro atoms. The molecule has 52 valence electrons. The first-order chi connectivity index (χ1) is 4.31. The molecule has 0 radical (unpaired) electrons. The van der Waals surface area contributed by atoms with Gasteiger partial charge in [-0.1, -0.05) is 0 Å². The smallest absolute Gasteiger partial charge is 0.0917 e. The molecule has 1 aliphatic carbocycles. The van der Waals surface area contributed by atoms with Gasteiger partial charge in [0.05, 0.1) is 12.2 Å². The molecule has 2 fully saturated rings. The minimum absolute atomic E-state index is 0.329. The van der Waals surface area contributed by atoms with E-state index in [1.807, 2.05) is 0 Å². The van der Waals surface area contributed by atoms with Gasteiger partial charge in [0.1, 0.15) is 0 Å². The number of rotatable bonds is 0. The van der Waals surface area contributed by atoms with E-state index in [9.17, 15) is 0 Å². The Labute approximate surface area is 55.4 Å². The van der Waals surface area contributed by atoms with E-state index in [4.69, 9.17) is 10.5 Å². The van der Waals surface area contributed by atoms with Gasteiger partial charge in [-0.05, 0) is 25.7 Å². The van der Waals surface area contributed by atoms with Crippen molar-refractivity contribution in [3.63, 3.8) is 0 Å². The molecule has 2 nitrogen and oxygen atoms in total. The lowest BCUT2D eigenvalue weighted by molar-refractivity contribution is 0.224. The van der Waals surface area contributed by atoms with E-state index in [2.05, 4.69) is 0 Å². The van der Waals surface area contributed by atoms with Gasteiger partial charge in [-0.3, -0.25) is 0 Å². The van der Waals surface area contributed by atoms with Gasteiger partial charge < -0.3 is 10.5 Å². The van der Waals surface area contributed by atoms with E-state index < -0.39 is 0 Å². The Balaban J connectivity index is 1.91. The molecule has 1 heterocycles. The minimum Gasteiger partial charge on any atom is -0.370 e.